The maximum absolute atomic E-state index is 11.2. The molecule has 196 valence electrons. The van der Waals surface area contributed by atoms with E-state index in [2.05, 4.69) is 143 Å². The SMILES string of the molecule is COC(=O)/C=C\CP(c1ccccc1)c1ccccc1.C[C@H](c1[c-]ccc2ccccc12)N(C)C.[Cl][Pd+]. The number of fused-ring (bicyclic) bond motifs is 1. The molecule has 4 aromatic carbocycles. The van der Waals surface area contributed by atoms with Crippen molar-refractivity contribution in [2.75, 3.05) is 27.4 Å². The van der Waals surface area contributed by atoms with Gasteiger partial charge in [-0.15, -0.1) is 22.4 Å². The molecule has 0 amide bonds. The van der Waals surface area contributed by atoms with Crippen molar-refractivity contribution in [3.05, 3.63) is 121 Å². The van der Waals surface area contributed by atoms with Crippen molar-refractivity contribution in [1.82, 2.24) is 4.90 Å². The summed E-state index contributed by atoms with van der Waals surface area (Å²) in [5, 5.41) is 5.22. The third-order valence-electron chi connectivity index (χ3n) is 5.82. The Hall–Kier alpha value is -2.31. The fourth-order valence-electron chi connectivity index (χ4n) is 3.69. The summed E-state index contributed by atoms with van der Waals surface area (Å²) in [6.07, 6.45) is 4.23. The van der Waals surface area contributed by atoms with Gasteiger partial charge in [0.2, 0.25) is 0 Å². The molecule has 0 N–H and O–H groups in total. The van der Waals surface area contributed by atoms with E-state index in [-0.39, 0.29) is 5.97 Å². The van der Waals surface area contributed by atoms with E-state index in [1.807, 2.05) is 24.3 Å². The molecule has 6 heteroatoms. The van der Waals surface area contributed by atoms with E-state index < -0.39 is 7.92 Å². The monoisotopic (exact) mass is 623 g/mol. The van der Waals surface area contributed by atoms with E-state index in [4.69, 9.17) is 0 Å². The molecular weight excluding hydrogens is 591 g/mol. The summed E-state index contributed by atoms with van der Waals surface area (Å²) in [5.74, 6) is -0.305. The molecule has 0 unspecified atom stereocenters. The number of allylic oxidation sites excluding steroid dienone is 1. The van der Waals surface area contributed by atoms with Crippen LogP contribution >= 0.6 is 17.5 Å². The van der Waals surface area contributed by atoms with Crippen molar-refractivity contribution in [3.8, 4) is 0 Å². The number of esters is 1. The second-order valence-electron chi connectivity index (χ2n) is 8.33. The Kier molecular flexibility index (Phi) is 14.4. The Morgan fingerprint density at radius 1 is 0.946 bits per heavy atom. The van der Waals surface area contributed by atoms with Gasteiger partial charge < -0.3 is 9.64 Å². The van der Waals surface area contributed by atoms with Gasteiger partial charge in [0.25, 0.3) is 0 Å². The van der Waals surface area contributed by atoms with Crippen LogP contribution in [0.2, 0.25) is 0 Å². The summed E-state index contributed by atoms with van der Waals surface area (Å²) in [7, 11) is 9.60. The van der Waals surface area contributed by atoms with E-state index in [1.165, 1.54) is 40.1 Å². The van der Waals surface area contributed by atoms with Crippen LogP contribution in [0.3, 0.4) is 0 Å². The molecule has 0 aliphatic heterocycles. The van der Waals surface area contributed by atoms with Gasteiger partial charge in [-0.25, -0.2) is 4.79 Å². The third kappa shape index (κ3) is 9.82. The van der Waals surface area contributed by atoms with Crippen LogP contribution in [0.25, 0.3) is 10.8 Å². The third-order valence-corrected chi connectivity index (χ3v) is 8.24. The first-order valence-corrected chi connectivity index (χ1v) is 15.3. The van der Waals surface area contributed by atoms with Crippen LogP contribution in [0, 0.1) is 6.07 Å². The molecule has 0 spiro atoms. The van der Waals surface area contributed by atoms with Crippen molar-refractivity contribution in [2.24, 2.45) is 0 Å². The molecule has 0 bridgehead atoms. The van der Waals surface area contributed by atoms with E-state index >= 15 is 0 Å². The summed E-state index contributed by atoms with van der Waals surface area (Å²) < 4.78 is 4.62. The molecule has 37 heavy (non-hydrogen) atoms. The Morgan fingerprint density at radius 2 is 1.49 bits per heavy atom. The van der Waals surface area contributed by atoms with Crippen LogP contribution in [0.5, 0.6) is 0 Å². The van der Waals surface area contributed by atoms with E-state index in [9.17, 15) is 4.79 Å². The Balaban J connectivity index is 0.000000252. The van der Waals surface area contributed by atoms with Crippen LogP contribution in [0.4, 0.5) is 0 Å². The number of methoxy groups -OCH3 is 1. The average Bonchev–Trinajstić information content (AvgIpc) is 2.96. The van der Waals surface area contributed by atoms with Crippen LogP contribution in [0.1, 0.15) is 18.5 Å². The second-order valence-corrected chi connectivity index (χ2v) is 10.6. The van der Waals surface area contributed by atoms with Crippen molar-refractivity contribution >= 4 is 44.8 Å². The zero-order chi connectivity index (χ0) is 27.0. The zero-order valence-electron chi connectivity index (χ0n) is 21.6. The van der Waals surface area contributed by atoms with Crippen molar-refractivity contribution < 1.29 is 27.7 Å². The fourth-order valence-corrected chi connectivity index (χ4v) is 5.79. The number of nitrogens with zero attached hydrogens (tertiary/aromatic N) is 1. The molecule has 0 aliphatic rings. The van der Waals surface area contributed by atoms with Gasteiger partial charge in [-0.2, -0.15) is 18.2 Å². The number of ether oxygens (including phenoxy) is 1. The number of hydrogen-bond acceptors (Lipinski definition) is 3. The van der Waals surface area contributed by atoms with Gasteiger partial charge in [-0.3, -0.25) is 0 Å². The molecule has 0 radical (unpaired) electrons. The molecule has 0 heterocycles. The molecule has 4 rings (SSSR count). The van der Waals surface area contributed by atoms with Crippen LogP contribution < -0.4 is 10.6 Å². The first kappa shape index (κ1) is 30.9. The molecule has 4 aromatic rings. The van der Waals surface area contributed by atoms with E-state index in [0.717, 1.165) is 6.16 Å². The quantitative estimate of drug-likeness (QED) is 0.0746. The van der Waals surface area contributed by atoms with Crippen molar-refractivity contribution in [3.63, 3.8) is 0 Å². The van der Waals surface area contributed by atoms with Crippen molar-refractivity contribution in [1.29, 1.82) is 0 Å². The second kappa shape index (κ2) is 17.2. The summed E-state index contributed by atoms with van der Waals surface area (Å²) >= 11 is 2.22. The molecule has 0 saturated heterocycles. The van der Waals surface area contributed by atoms with Crippen molar-refractivity contribution in [2.45, 2.75) is 13.0 Å². The normalized spacial score (nSPS) is 11.5. The van der Waals surface area contributed by atoms with E-state index in [1.54, 1.807) is 0 Å². The zero-order valence-corrected chi connectivity index (χ0v) is 24.8. The Labute approximate surface area is 237 Å². The minimum atomic E-state index is -0.481. The maximum atomic E-state index is 11.2. The van der Waals surface area contributed by atoms with Gasteiger partial charge in [0.05, 0.1) is 7.11 Å². The number of benzene rings is 4. The predicted octanol–water partition coefficient (Wildman–Crippen LogP) is 6.80. The molecular formula is C31H33ClNO2PPd. The average molecular weight is 624 g/mol. The summed E-state index contributed by atoms with van der Waals surface area (Å²) in [5.41, 5.74) is 1.28. The number of rotatable bonds is 7. The van der Waals surface area contributed by atoms with Gasteiger partial charge in [0.1, 0.15) is 0 Å². The molecule has 0 aromatic heterocycles. The summed E-state index contributed by atoms with van der Waals surface area (Å²) in [4.78, 5) is 13.4. The number of halogens is 1. The van der Waals surface area contributed by atoms with E-state index in [0.29, 0.717) is 6.04 Å². The molecule has 1 atom stereocenters. The molecule has 0 saturated carbocycles. The van der Waals surface area contributed by atoms with Crippen LogP contribution in [-0.4, -0.2) is 38.2 Å². The Morgan fingerprint density at radius 3 is 2.03 bits per heavy atom. The molecule has 0 aliphatic carbocycles. The van der Waals surface area contributed by atoms with Gasteiger partial charge in [0.15, 0.2) is 0 Å². The van der Waals surface area contributed by atoms with Gasteiger partial charge in [-0.1, -0.05) is 84.9 Å². The van der Waals surface area contributed by atoms with Crippen LogP contribution in [-0.2, 0) is 27.7 Å². The first-order valence-electron chi connectivity index (χ1n) is 11.8. The summed E-state index contributed by atoms with van der Waals surface area (Å²) in [6.45, 7) is 2.21. The van der Waals surface area contributed by atoms with Crippen LogP contribution in [0.15, 0.2) is 109 Å². The van der Waals surface area contributed by atoms with Gasteiger partial charge in [-0.05, 0) is 45.7 Å². The fraction of sp³-hybridized carbons (Fsp3) is 0.194. The minimum absolute atomic E-state index is 0.305. The van der Waals surface area contributed by atoms with Gasteiger partial charge in [0, 0.05) is 12.1 Å². The number of carbonyl (C=O) groups excluding carboxylic acids is 1. The first-order chi connectivity index (χ1) is 18.0. The Bertz CT molecular complexity index is 1190. The number of hydrogen-bond donors (Lipinski definition) is 0. The van der Waals surface area contributed by atoms with Gasteiger partial charge >= 0.3 is 33.7 Å². The number of carbonyl (C=O) groups is 1. The molecule has 0 fully saturated rings. The molecule has 3 nitrogen and oxygen atoms in total. The summed E-state index contributed by atoms with van der Waals surface area (Å²) in [6, 6.07) is 37.2. The predicted molar refractivity (Wildman–Crippen MR) is 156 cm³/mol. The standard InChI is InChI=1S/C17H17O2P.C14H16N.ClH.Pd/c1-19-17(18)13-8-14-20(15-9-4-2-5-10-15)16-11-6-3-7-12-16;1-11(15(2)3)13-10-6-8-12-7-4-5-9-14(12)13;;/h2-13H,14H2,1H3;4-9,11H,1-3H3;1H;/q;-1;;+2/p-1/b13-8-;;;/t;11-;;/m.1../s1. The topological polar surface area (TPSA) is 29.5 Å².